The largest absolute Gasteiger partial charge is 0.496 e. The molecule has 0 atom stereocenters. The monoisotopic (exact) mass is 286 g/mol. The predicted molar refractivity (Wildman–Crippen MR) is 80.9 cm³/mol. The van der Waals surface area contributed by atoms with Crippen LogP contribution in [0.5, 0.6) is 5.75 Å². The van der Waals surface area contributed by atoms with Crippen LogP contribution < -0.4 is 10.1 Å². The Balaban J connectivity index is 2.55. The van der Waals surface area contributed by atoms with Gasteiger partial charge in [-0.2, -0.15) is 5.26 Å². The number of benzene rings is 2. The van der Waals surface area contributed by atoms with Gasteiger partial charge in [0.25, 0.3) is 0 Å². The van der Waals surface area contributed by atoms with Crippen LogP contribution in [0.1, 0.15) is 11.1 Å². The minimum absolute atomic E-state index is 0.603. The molecule has 0 unspecified atom stereocenters. The van der Waals surface area contributed by atoms with Crippen LogP contribution in [0.2, 0.25) is 5.02 Å². The van der Waals surface area contributed by atoms with Gasteiger partial charge in [-0.1, -0.05) is 17.7 Å². The molecule has 0 aromatic heterocycles. The minimum Gasteiger partial charge on any atom is -0.496 e. The summed E-state index contributed by atoms with van der Waals surface area (Å²) in [7, 11) is 3.50. The SMILES string of the molecule is CNCc1cc(-c2cc(C#N)ccc2OC)ccc1Cl. The van der Waals surface area contributed by atoms with Crippen molar-refractivity contribution in [2.75, 3.05) is 14.2 Å². The Hall–Kier alpha value is -2.02. The van der Waals surface area contributed by atoms with Gasteiger partial charge in [-0.05, 0) is 48.5 Å². The molecule has 0 saturated heterocycles. The quantitative estimate of drug-likeness (QED) is 0.934. The van der Waals surface area contributed by atoms with Gasteiger partial charge in [0.15, 0.2) is 0 Å². The van der Waals surface area contributed by atoms with Crippen LogP contribution in [0.4, 0.5) is 0 Å². The van der Waals surface area contributed by atoms with Crippen LogP contribution >= 0.6 is 11.6 Å². The van der Waals surface area contributed by atoms with Crippen molar-refractivity contribution in [3.8, 4) is 22.9 Å². The van der Waals surface area contributed by atoms with E-state index in [9.17, 15) is 0 Å². The lowest BCUT2D eigenvalue weighted by atomic mass is 10.00. The molecule has 4 heteroatoms. The molecule has 2 aromatic rings. The summed E-state index contributed by atoms with van der Waals surface area (Å²) in [5.74, 6) is 0.738. The molecule has 2 aromatic carbocycles. The predicted octanol–water partition coefficient (Wildman–Crippen LogP) is 3.61. The molecule has 2 rings (SSSR count). The molecule has 0 bridgehead atoms. The molecule has 0 fully saturated rings. The van der Waals surface area contributed by atoms with E-state index in [4.69, 9.17) is 21.6 Å². The maximum Gasteiger partial charge on any atom is 0.126 e. The van der Waals surface area contributed by atoms with Gasteiger partial charge in [0.2, 0.25) is 0 Å². The lowest BCUT2D eigenvalue weighted by molar-refractivity contribution is 0.416. The third-order valence-corrected chi connectivity index (χ3v) is 3.42. The molecule has 1 N–H and O–H groups in total. The van der Waals surface area contributed by atoms with Gasteiger partial charge in [-0.15, -0.1) is 0 Å². The summed E-state index contributed by atoms with van der Waals surface area (Å²) >= 11 is 6.17. The van der Waals surface area contributed by atoms with Crippen molar-refractivity contribution in [3.05, 3.63) is 52.5 Å². The summed E-state index contributed by atoms with van der Waals surface area (Å²) in [6.45, 7) is 0.687. The minimum atomic E-state index is 0.603. The Kier molecular flexibility index (Phi) is 4.62. The number of hydrogen-bond acceptors (Lipinski definition) is 3. The van der Waals surface area contributed by atoms with Gasteiger partial charge in [-0.25, -0.2) is 0 Å². The molecule has 0 aliphatic rings. The van der Waals surface area contributed by atoms with E-state index in [0.29, 0.717) is 12.1 Å². The second-order valence-corrected chi connectivity index (χ2v) is 4.77. The van der Waals surface area contributed by atoms with Crippen LogP contribution in [0.15, 0.2) is 36.4 Å². The molecule has 0 amide bonds. The van der Waals surface area contributed by atoms with Crippen molar-refractivity contribution in [3.63, 3.8) is 0 Å². The van der Waals surface area contributed by atoms with Gasteiger partial charge in [0.05, 0.1) is 18.7 Å². The van der Waals surface area contributed by atoms with Crippen molar-refractivity contribution in [2.24, 2.45) is 0 Å². The molecule has 3 nitrogen and oxygen atoms in total. The first kappa shape index (κ1) is 14.4. The fourth-order valence-corrected chi connectivity index (χ4v) is 2.26. The topological polar surface area (TPSA) is 45.0 Å². The summed E-state index contributed by atoms with van der Waals surface area (Å²) in [4.78, 5) is 0. The summed E-state index contributed by atoms with van der Waals surface area (Å²) in [5.41, 5.74) is 3.48. The zero-order valence-electron chi connectivity index (χ0n) is 11.4. The fraction of sp³-hybridized carbons (Fsp3) is 0.188. The first-order chi connectivity index (χ1) is 9.69. The molecule has 0 aliphatic heterocycles. The van der Waals surface area contributed by atoms with Crippen molar-refractivity contribution >= 4 is 11.6 Å². The Labute approximate surface area is 123 Å². The molecule has 0 saturated carbocycles. The number of rotatable bonds is 4. The zero-order valence-corrected chi connectivity index (χ0v) is 12.2. The summed E-state index contributed by atoms with van der Waals surface area (Å²) < 4.78 is 5.37. The Morgan fingerprint density at radius 2 is 2.05 bits per heavy atom. The number of methoxy groups -OCH3 is 1. The number of nitrogens with one attached hydrogen (secondary N) is 1. The van der Waals surface area contributed by atoms with E-state index in [1.807, 2.05) is 31.3 Å². The average molecular weight is 287 g/mol. The Morgan fingerprint density at radius 1 is 1.25 bits per heavy atom. The molecular formula is C16H15ClN2O. The standard InChI is InChI=1S/C16H15ClN2O/c1-19-10-13-8-12(4-5-15(13)17)14-7-11(9-18)3-6-16(14)20-2/h3-8,19H,10H2,1-2H3. The van der Waals surface area contributed by atoms with E-state index in [1.54, 1.807) is 19.2 Å². The highest BCUT2D eigenvalue weighted by atomic mass is 35.5. The van der Waals surface area contributed by atoms with Crippen molar-refractivity contribution < 1.29 is 4.74 Å². The van der Waals surface area contributed by atoms with Crippen LogP contribution in [0, 0.1) is 11.3 Å². The molecule has 0 spiro atoms. The molecule has 102 valence electrons. The molecule has 20 heavy (non-hydrogen) atoms. The van der Waals surface area contributed by atoms with Gasteiger partial charge in [0.1, 0.15) is 5.75 Å². The molecular weight excluding hydrogens is 272 g/mol. The van der Waals surface area contributed by atoms with Crippen LogP contribution in [-0.2, 0) is 6.54 Å². The first-order valence-corrected chi connectivity index (χ1v) is 6.59. The second-order valence-electron chi connectivity index (χ2n) is 4.36. The van der Waals surface area contributed by atoms with Crippen molar-refractivity contribution in [1.82, 2.24) is 5.32 Å². The number of ether oxygens (including phenoxy) is 1. The lowest BCUT2D eigenvalue weighted by Gasteiger charge is -2.11. The maximum atomic E-state index is 9.03. The van der Waals surface area contributed by atoms with Gasteiger partial charge in [-0.3, -0.25) is 0 Å². The number of hydrogen-bond donors (Lipinski definition) is 1. The van der Waals surface area contributed by atoms with E-state index >= 15 is 0 Å². The lowest BCUT2D eigenvalue weighted by Crippen LogP contribution is -2.05. The van der Waals surface area contributed by atoms with Gasteiger partial charge in [0, 0.05) is 17.1 Å². The van der Waals surface area contributed by atoms with Crippen LogP contribution in [-0.4, -0.2) is 14.2 Å². The van der Waals surface area contributed by atoms with Crippen LogP contribution in [0.3, 0.4) is 0 Å². The van der Waals surface area contributed by atoms with Gasteiger partial charge < -0.3 is 10.1 Å². The van der Waals surface area contributed by atoms with E-state index in [1.165, 1.54) is 0 Å². The second kappa shape index (κ2) is 6.42. The molecule has 0 radical (unpaired) electrons. The smallest absolute Gasteiger partial charge is 0.126 e. The summed E-state index contributed by atoms with van der Waals surface area (Å²) in [6, 6.07) is 13.3. The highest BCUT2D eigenvalue weighted by molar-refractivity contribution is 6.31. The highest BCUT2D eigenvalue weighted by Crippen LogP contribution is 2.33. The maximum absolute atomic E-state index is 9.03. The van der Waals surface area contributed by atoms with E-state index in [0.717, 1.165) is 27.5 Å². The number of nitrogens with zero attached hydrogens (tertiary/aromatic N) is 1. The Bertz CT molecular complexity index is 662. The normalized spacial score (nSPS) is 10.1. The third-order valence-electron chi connectivity index (χ3n) is 3.05. The third kappa shape index (κ3) is 2.93. The van der Waals surface area contributed by atoms with E-state index in [2.05, 4.69) is 11.4 Å². The Morgan fingerprint density at radius 3 is 2.70 bits per heavy atom. The van der Waals surface area contributed by atoms with Gasteiger partial charge >= 0.3 is 0 Å². The van der Waals surface area contributed by atoms with E-state index < -0.39 is 0 Å². The first-order valence-electron chi connectivity index (χ1n) is 6.21. The van der Waals surface area contributed by atoms with Crippen molar-refractivity contribution in [1.29, 1.82) is 5.26 Å². The number of nitriles is 1. The fourth-order valence-electron chi connectivity index (χ4n) is 2.07. The number of halogens is 1. The average Bonchev–Trinajstić information content (AvgIpc) is 2.49. The molecule has 0 heterocycles. The summed E-state index contributed by atoms with van der Waals surface area (Å²) in [5, 5.41) is 12.8. The van der Waals surface area contributed by atoms with Crippen molar-refractivity contribution in [2.45, 2.75) is 6.54 Å². The molecule has 0 aliphatic carbocycles. The van der Waals surface area contributed by atoms with Crippen LogP contribution in [0.25, 0.3) is 11.1 Å². The van der Waals surface area contributed by atoms with E-state index in [-0.39, 0.29) is 0 Å². The summed E-state index contributed by atoms with van der Waals surface area (Å²) in [6.07, 6.45) is 0. The zero-order chi connectivity index (χ0) is 14.5. The highest BCUT2D eigenvalue weighted by Gasteiger charge is 2.09.